The molecule has 3 aromatic rings. The molecule has 11 nitrogen and oxygen atoms in total. The van der Waals surface area contributed by atoms with Crippen molar-refractivity contribution in [1.82, 2.24) is 15.0 Å². The highest BCUT2D eigenvalue weighted by Gasteiger charge is 2.14. The lowest BCUT2D eigenvalue weighted by molar-refractivity contribution is -0.384. The van der Waals surface area contributed by atoms with Gasteiger partial charge in [-0.2, -0.15) is 0 Å². The Morgan fingerprint density at radius 2 is 1.89 bits per heavy atom. The normalized spacial score (nSPS) is 10.9. The number of methoxy groups -OCH3 is 1. The third kappa shape index (κ3) is 3.76. The van der Waals surface area contributed by atoms with E-state index in [1.165, 1.54) is 25.3 Å². The topological polar surface area (TPSA) is 168 Å². The molecule has 0 aliphatic carbocycles. The van der Waals surface area contributed by atoms with Gasteiger partial charge in [0.25, 0.3) is 5.69 Å². The van der Waals surface area contributed by atoms with Crippen molar-refractivity contribution in [2.75, 3.05) is 18.6 Å². The summed E-state index contributed by atoms with van der Waals surface area (Å²) in [5.74, 6) is 0.555. The number of hydrogen-bond acceptors (Lipinski definition) is 10. The predicted octanol–water partition coefficient (Wildman–Crippen LogP) is 3.04. The van der Waals surface area contributed by atoms with Crippen LogP contribution in [0.25, 0.3) is 11.4 Å². The summed E-state index contributed by atoms with van der Waals surface area (Å²) in [6, 6.07) is 7.43. The first-order chi connectivity index (χ1) is 13.0. The molecule has 3 rings (SSSR count). The number of ether oxygens (including phenoxy) is 1. The monoisotopic (exact) mass is 366 g/mol. The van der Waals surface area contributed by atoms with Crippen molar-refractivity contribution >= 4 is 28.7 Å². The second-order valence-corrected chi connectivity index (χ2v) is 5.22. The molecular weight excluding hydrogens is 352 g/mol. The maximum atomic E-state index is 10.8. The van der Waals surface area contributed by atoms with Crippen molar-refractivity contribution in [3.63, 3.8) is 0 Å². The van der Waals surface area contributed by atoms with Crippen molar-refractivity contribution in [2.45, 2.75) is 0 Å². The van der Waals surface area contributed by atoms with Gasteiger partial charge < -0.3 is 16.2 Å². The van der Waals surface area contributed by atoms with Crippen LogP contribution in [0.15, 0.2) is 53.0 Å². The number of azo groups is 1. The lowest BCUT2D eigenvalue weighted by atomic mass is 10.2. The molecule has 2 aromatic heterocycles. The van der Waals surface area contributed by atoms with E-state index >= 15 is 0 Å². The van der Waals surface area contributed by atoms with Crippen LogP contribution in [-0.2, 0) is 0 Å². The lowest BCUT2D eigenvalue weighted by Gasteiger charge is -2.06. The Hall–Kier alpha value is -4.15. The zero-order valence-electron chi connectivity index (χ0n) is 14.1. The maximum Gasteiger partial charge on any atom is 0.273 e. The van der Waals surface area contributed by atoms with Gasteiger partial charge in [-0.25, -0.2) is 9.97 Å². The Kier molecular flexibility index (Phi) is 4.84. The average molecular weight is 366 g/mol. The summed E-state index contributed by atoms with van der Waals surface area (Å²) in [4.78, 5) is 22.6. The standard InChI is InChI=1S/C16H14N8O3/c1-27-12-7-10(24(25)26)4-5-11(12)22-23-13-14(17)20-16(21-15(13)18)9-3-2-6-19-8-9/h2-8H,1H3,(H4,17,18,20,21). The number of nitrogens with two attached hydrogens (primary N) is 2. The molecule has 2 heterocycles. The molecular formula is C16H14N8O3. The minimum atomic E-state index is -0.537. The van der Waals surface area contributed by atoms with Gasteiger partial charge in [0.15, 0.2) is 28.9 Å². The second-order valence-electron chi connectivity index (χ2n) is 5.22. The van der Waals surface area contributed by atoms with E-state index < -0.39 is 4.92 Å². The zero-order valence-corrected chi connectivity index (χ0v) is 14.1. The van der Waals surface area contributed by atoms with Gasteiger partial charge in [0.2, 0.25) is 0 Å². The summed E-state index contributed by atoms with van der Waals surface area (Å²) >= 11 is 0. The first-order valence-corrected chi connectivity index (χ1v) is 7.57. The molecule has 0 radical (unpaired) electrons. The van der Waals surface area contributed by atoms with Gasteiger partial charge in [-0.1, -0.05) is 0 Å². The van der Waals surface area contributed by atoms with Crippen LogP contribution in [-0.4, -0.2) is 27.0 Å². The number of aromatic nitrogens is 3. The Bertz CT molecular complexity index is 1000. The van der Waals surface area contributed by atoms with Crippen molar-refractivity contribution in [3.05, 3.63) is 52.8 Å². The van der Waals surface area contributed by atoms with Crippen molar-refractivity contribution in [3.8, 4) is 17.1 Å². The third-order valence-corrected chi connectivity index (χ3v) is 3.49. The van der Waals surface area contributed by atoms with E-state index in [0.29, 0.717) is 11.4 Å². The van der Waals surface area contributed by atoms with E-state index in [2.05, 4.69) is 25.2 Å². The van der Waals surface area contributed by atoms with Gasteiger partial charge >= 0.3 is 0 Å². The first-order valence-electron chi connectivity index (χ1n) is 7.57. The number of nitro benzene ring substituents is 1. The molecule has 4 N–H and O–H groups in total. The fraction of sp³-hybridized carbons (Fsp3) is 0.0625. The molecule has 0 saturated heterocycles. The summed E-state index contributed by atoms with van der Waals surface area (Å²) in [5.41, 5.74) is 12.7. The number of hydrogen-bond donors (Lipinski definition) is 2. The van der Waals surface area contributed by atoms with Crippen molar-refractivity contribution in [1.29, 1.82) is 0 Å². The van der Waals surface area contributed by atoms with E-state index in [9.17, 15) is 10.1 Å². The minimum absolute atomic E-state index is 0.0333. The van der Waals surface area contributed by atoms with Crippen LogP contribution in [0.5, 0.6) is 5.75 Å². The van der Waals surface area contributed by atoms with Crippen LogP contribution in [0.2, 0.25) is 0 Å². The molecule has 1 aromatic carbocycles. The predicted molar refractivity (Wildman–Crippen MR) is 97.9 cm³/mol. The second kappa shape index (κ2) is 7.39. The number of nitro groups is 1. The van der Waals surface area contributed by atoms with E-state index in [4.69, 9.17) is 16.2 Å². The molecule has 11 heteroatoms. The number of rotatable bonds is 5. The van der Waals surface area contributed by atoms with E-state index in [1.807, 2.05) is 0 Å². The number of benzene rings is 1. The average Bonchev–Trinajstić information content (AvgIpc) is 2.67. The number of pyridine rings is 1. The number of anilines is 2. The Morgan fingerprint density at radius 3 is 2.48 bits per heavy atom. The van der Waals surface area contributed by atoms with Crippen LogP contribution < -0.4 is 16.2 Å². The fourth-order valence-corrected chi connectivity index (χ4v) is 2.18. The largest absolute Gasteiger partial charge is 0.494 e. The molecule has 27 heavy (non-hydrogen) atoms. The maximum absolute atomic E-state index is 10.8. The van der Waals surface area contributed by atoms with Gasteiger partial charge in [-0.15, -0.1) is 10.2 Å². The first kappa shape index (κ1) is 17.7. The Labute approximate surface area is 152 Å². The van der Waals surface area contributed by atoms with Crippen molar-refractivity contribution < 1.29 is 9.66 Å². The SMILES string of the molecule is COc1cc([N+](=O)[O-])ccc1N=Nc1c(N)nc(-c2cccnc2)nc1N. The highest BCUT2D eigenvalue weighted by atomic mass is 16.6. The van der Waals surface area contributed by atoms with Crippen LogP contribution in [0.4, 0.5) is 28.7 Å². The van der Waals surface area contributed by atoms with Crippen LogP contribution in [0.3, 0.4) is 0 Å². The highest BCUT2D eigenvalue weighted by molar-refractivity contribution is 5.73. The molecule has 0 aliphatic rings. The summed E-state index contributed by atoms with van der Waals surface area (Å²) in [6.45, 7) is 0. The zero-order chi connectivity index (χ0) is 19.4. The van der Waals surface area contributed by atoms with Crippen molar-refractivity contribution in [2.24, 2.45) is 10.2 Å². The number of nitrogen functional groups attached to an aromatic ring is 2. The summed E-state index contributed by atoms with van der Waals surface area (Å²) in [7, 11) is 1.37. The molecule has 0 fully saturated rings. The van der Waals surface area contributed by atoms with Gasteiger partial charge in [-0.3, -0.25) is 15.1 Å². The molecule has 0 aliphatic heterocycles. The smallest absolute Gasteiger partial charge is 0.273 e. The van der Waals surface area contributed by atoms with Gasteiger partial charge in [0, 0.05) is 24.0 Å². The summed E-state index contributed by atoms with van der Waals surface area (Å²) < 4.78 is 5.10. The third-order valence-electron chi connectivity index (χ3n) is 3.49. The quantitative estimate of drug-likeness (QED) is 0.394. The number of nitrogens with zero attached hydrogens (tertiary/aromatic N) is 6. The summed E-state index contributed by atoms with van der Waals surface area (Å²) in [6.07, 6.45) is 3.20. The lowest BCUT2D eigenvalue weighted by Crippen LogP contribution is -2.01. The van der Waals surface area contributed by atoms with Crippen LogP contribution in [0.1, 0.15) is 0 Å². The molecule has 0 amide bonds. The fourth-order valence-electron chi connectivity index (χ4n) is 2.18. The molecule has 0 saturated carbocycles. The summed E-state index contributed by atoms with van der Waals surface area (Å²) in [5, 5.41) is 18.8. The van der Waals surface area contributed by atoms with E-state index in [0.717, 1.165) is 0 Å². The molecule has 136 valence electrons. The van der Waals surface area contributed by atoms with Crippen LogP contribution >= 0.6 is 0 Å². The van der Waals surface area contributed by atoms with Crippen LogP contribution in [0, 0.1) is 10.1 Å². The molecule has 0 bridgehead atoms. The van der Waals surface area contributed by atoms with E-state index in [-0.39, 0.29) is 34.4 Å². The van der Waals surface area contributed by atoms with E-state index in [1.54, 1.807) is 24.5 Å². The van der Waals surface area contributed by atoms with Gasteiger partial charge in [-0.05, 0) is 18.2 Å². The molecule has 0 unspecified atom stereocenters. The number of non-ortho nitro benzene ring substituents is 1. The Morgan fingerprint density at radius 1 is 1.15 bits per heavy atom. The molecule has 0 spiro atoms. The minimum Gasteiger partial charge on any atom is -0.494 e. The molecule has 0 atom stereocenters. The van der Waals surface area contributed by atoms with Gasteiger partial charge in [0.05, 0.1) is 18.1 Å². The highest BCUT2D eigenvalue weighted by Crippen LogP contribution is 2.35. The van der Waals surface area contributed by atoms with Gasteiger partial charge in [0.1, 0.15) is 5.69 Å². The Balaban J connectivity index is 1.95.